The Labute approximate surface area is 159 Å². The number of hydrogen-bond acceptors (Lipinski definition) is 5. The number of anilines is 1. The molecule has 1 aromatic carbocycles. The second kappa shape index (κ2) is 7.85. The quantitative estimate of drug-likeness (QED) is 0.787. The number of sulfonamides is 1. The van der Waals surface area contributed by atoms with Crippen LogP contribution in [-0.4, -0.2) is 63.6 Å². The maximum absolute atomic E-state index is 12.4. The summed E-state index contributed by atoms with van der Waals surface area (Å²) < 4.78 is 30.2. The monoisotopic (exact) mass is 395 g/mol. The predicted octanol–water partition coefficient (Wildman–Crippen LogP) is 0.588. The highest BCUT2D eigenvalue weighted by atomic mass is 32.2. The molecule has 148 valence electrons. The average Bonchev–Trinajstić information content (AvgIpc) is 2.65. The third-order valence-corrected chi connectivity index (χ3v) is 6.40. The molecule has 1 aromatic rings. The zero-order chi connectivity index (χ0) is 19.6. The van der Waals surface area contributed by atoms with E-state index in [1.165, 1.54) is 10.6 Å². The molecule has 0 spiro atoms. The van der Waals surface area contributed by atoms with Gasteiger partial charge in [-0.3, -0.25) is 9.59 Å². The molecular formula is C18H25N3O5S. The number of para-hydroxylation sites is 2. The van der Waals surface area contributed by atoms with Crippen LogP contribution in [0.5, 0.6) is 5.75 Å². The first kappa shape index (κ1) is 19.6. The molecule has 27 heavy (non-hydrogen) atoms. The van der Waals surface area contributed by atoms with Gasteiger partial charge in [-0.1, -0.05) is 12.1 Å². The molecule has 9 heteroatoms. The molecule has 8 nitrogen and oxygen atoms in total. The van der Waals surface area contributed by atoms with Gasteiger partial charge in [0.05, 0.1) is 11.9 Å². The zero-order valence-corrected chi connectivity index (χ0v) is 16.4. The molecule has 2 amide bonds. The maximum Gasteiger partial charge on any atom is 0.267 e. The first-order valence-electron chi connectivity index (χ1n) is 9.03. The van der Waals surface area contributed by atoms with Crippen LogP contribution in [0.3, 0.4) is 0 Å². The van der Waals surface area contributed by atoms with Gasteiger partial charge in [-0.15, -0.1) is 0 Å². The molecule has 2 aliphatic rings. The first-order chi connectivity index (χ1) is 12.8. The summed E-state index contributed by atoms with van der Waals surface area (Å²) in [4.78, 5) is 26.3. The van der Waals surface area contributed by atoms with Crippen LogP contribution < -0.4 is 15.0 Å². The van der Waals surface area contributed by atoms with Crippen LogP contribution in [0, 0.1) is 5.92 Å². The Balaban J connectivity index is 1.48. The second-order valence-electron chi connectivity index (χ2n) is 6.99. The van der Waals surface area contributed by atoms with Crippen molar-refractivity contribution in [2.75, 3.05) is 37.8 Å². The maximum atomic E-state index is 12.4. The number of rotatable bonds is 5. The molecule has 0 aromatic heterocycles. The predicted molar refractivity (Wildman–Crippen MR) is 101 cm³/mol. The molecule has 2 aliphatic heterocycles. The number of likely N-dealkylation sites (N-methyl/N-ethyl adjacent to an activating group) is 1. The zero-order valence-electron chi connectivity index (χ0n) is 15.6. The van der Waals surface area contributed by atoms with Crippen molar-refractivity contribution >= 4 is 27.5 Å². The second-order valence-corrected chi connectivity index (χ2v) is 8.97. The molecule has 0 bridgehead atoms. The Morgan fingerprint density at radius 3 is 2.59 bits per heavy atom. The molecule has 0 radical (unpaired) electrons. The van der Waals surface area contributed by atoms with E-state index in [0.717, 1.165) is 5.69 Å². The molecule has 1 atom stereocenters. The number of benzene rings is 1. The summed E-state index contributed by atoms with van der Waals surface area (Å²) >= 11 is 0. The number of piperidine rings is 1. The van der Waals surface area contributed by atoms with Gasteiger partial charge in [-0.2, -0.15) is 0 Å². The minimum atomic E-state index is -3.20. The number of fused-ring (bicyclic) bond motifs is 1. The highest BCUT2D eigenvalue weighted by molar-refractivity contribution is 7.88. The van der Waals surface area contributed by atoms with Crippen LogP contribution >= 0.6 is 0 Å². The van der Waals surface area contributed by atoms with E-state index in [4.69, 9.17) is 4.74 Å². The van der Waals surface area contributed by atoms with Gasteiger partial charge in [0.1, 0.15) is 5.75 Å². The molecule has 1 saturated heterocycles. The SMILES string of the molecule is CN1C(=O)C(CCNC(=O)C2CCN(S(C)(=O)=O)CC2)Oc2ccccc21. The number of carbonyl (C=O) groups is 2. The highest BCUT2D eigenvalue weighted by Crippen LogP contribution is 2.33. The Morgan fingerprint density at radius 1 is 1.26 bits per heavy atom. The lowest BCUT2D eigenvalue weighted by molar-refractivity contribution is -0.128. The van der Waals surface area contributed by atoms with E-state index >= 15 is 0 Å². The third-order valence-electron chi connectivity index (χ3n) is 5.10. The molecule has 3 rings (SSSR count). The van der Waals surface area contributed by atoms with Crippen LogP contribution in [0.4, 0.5) is 5.69 Å². The molecule has 1 fully saturated rings. The summed E-state index contributed by atoms with van der Waals surface area (Å²) in [7, 11) is -1.49. The Hall–Kier alpha value is -2.13. The molecule has 0 saturated carbocycles. The van der Waals surface area contributed by atoms with Crippen molar-refractivity contribution in [1.29, 1.82) is 0 Å². The van der Waals surface area contributed by atoms with E-state index in [-0.39, 0.29) is 17.7 Å². The number of ether oxygens (including phenoxy) is 1. The molecular weight excluding hydrogens is 370 g/mol. The van der Waals surface area contributed by atoms with Crippen molar-refractivity contribution in [2.45, 2.75) is 25.4 Å². The highest BCUT2D eigenvalue weighted by Gasteiger charge is 2.32. The minimum Gasteiger partial charge on any atom is -0.478 e. The Bertz CT molecular complexity index is 818. The van der Waals surface area contributed by atoms with E-state index < -0.39 is 16.1 Å². The van der Waals surface area contributed by atoms with Crippen molar-refractivity contribution in [3.05, 3.63) is 24.3 Å². The first-order valence-corrected chi connectivity index (χ1v) is 10.9. The molecule has 1 unspecified atom stereocenters. The van der Waals surface area contributed by atoms with Crippen LogP contribution in [-0.2, 0) is 19.6 Å². The standard InChI is InChI=1S/C18H25N3O5S/c1-20-14-5-3-4-6-15(14)26-16(18(20)23)7-10-19-17(22)13-8-11-21(12-9-13)27(2,24)25/h3-6,13,16H,7-12H2,1-2H3,(H,19,22). The molecule has 0 aliphatic carbocycles. The van der Waals surface area contributed by atoms with Gasteiger partial charge >= 0.3 is 0 Å². The van der Waals surface area contributed by atoms with Gasteiger partial charge in [0, 0.05) is 39.0 Å². The van der Waals surface area contributed by atoms with Crippen molar-refractivity contribution < 1.29 is 22.7 Å². The normalized spacial score (nSPS) is 21.5. The van der Waals surface area contributed by atoms with E-state index in [0.29, 0.717) is 44.6 Å². The fourth-order valence-corrected chi connectivity index (χ4v) is 4.35. The largest absolute Gasteiger partial charge is 0.478 e. The van der Waals surface area contributed by atoms with Gasteiger partial charge in [-0.25, -0.2) is 12.7 Å². The van der Waals surface area contributed by atoms with Crippen LogP contribution in [0.2, 0.25) is 0 Å². The topological polar surface area (TPSA) is 96.0 Å². The number of carbonyl (C=O) groups excluding carboxylic acids is 2. The summed E-state index contributed by atoms with van der Waals surface area (Å²) in [6.07, 6.45) is 1.95. The van der Waals surface area contributed by atoms with Gasteiger partial charge in [0.25, 0.3) is 5.91 Å². The van der Waals surface area contributed by atoms with Crippen molar-refractivity contribution in [3.8, 4) is 5.75 Å². The summed E-state index contributed by atoms with van der Waals surface area (Å²) in [6, 6.07) is 7.35. The smallest absolute Gasteiger partial charge is 0.267 e. The summed E-state index contributed by atoms with van der Waals surface area (Å²) in [6.45, 7) is 1.06. The van der Waals surface area contributed by atoms with Gasteiger partial charge in [0.2, 0.25) is 15.9 Å². The lowest BCUT2D eigenvalue weighted by Gasteiger charge is -2.32. The van der Waals surface area contributed by atoms with Gasteiger partial charge in [0.15, 0.2) is 6.10 Å². The van der Waals surface area contributed by atoms with Crippen LogP contribution in [0.25, 0.3) is 0 Å². The number of amides is 2. The fourth-order valence-electron chi connectivity index (χ4n) is 3.48. The average molecular weight is 395 g/mol. The third kappa shape index (κ3) is 4.41. The number of hydrogen-bond donors (Lipinski definition) is 1. The van der Waals surface area contributed by atoms with Gasteiger partial charge in [-0.05, 0) is 25.0 Å². The summed E-state index contributed by atoms with van der Waals surface area (Å²) in [5, 5.41) is 2.85. The molecule has 1 N–H and O–H groups in total. The summed E-state index contributed by atoms with van der Waals surface area (Å²) in [5.41, 5.74) is 0.737. The van der Waals surface area contributed by atoms with Crippen LogP contribution in [0.1, 0.15) is 19.3 Å². The van der Waals surface area contributed by atoms with Gasteiger partial charge < -0.3 is 15.0 Å². The van der Waals surface area contributed by atoms with E-state index in [1.807, 2.05) is 24.3 Å². The lowest BCUT2D eigenvalue weighted by atomic mass is 9.97. The summed E-state index contributed by atoms with van der Waals surface area (Å²) in [5.74, 6) is 0.225. The Kier molecular flexibility index (Phi) is 5.71. The van der Waals surface area contributed by atoms with Crippen molar-refractivity contribution in [1.82, 2.24) is 9.62 Å². The fraction of sp³-hybridized carbons (Fsp3) is 0.556. The van der Waals surface area contributed by atoms with Crippen LogP contribution in [0.15, 0.2) is 24.3 Å². The van der Waals surface area contributed by atoms with E-state index in [2.05, 4.69) is 5.32 Å². The van der Waals surface area contributed by atoms with Crippen molar-refractivity contribution in [2.24, 2.45) is 5.92 Å². The minimum absolute atomic E-state index is 0.0971. The number of nitrogens with zero attached hydrogens (tertiary/aromatic N) is 2. The van der Waals surface area contributed by atoms with E-state index in [1.54, 1.807) is 11.9 Å². The lowest BCUT2D eigenvalue weighted by Crippen LogP contribution is -2.46. The number of nitrogens with one attached hydrogen (secondary N) is 1. The van der Waals surface area contributed by atoms with E-state index in [9.17, 15) is 18.0 Å². The Morgan fingerprint density at radius 2 is 1.93 bits per heavy atom. The molecule has 2 heterocycles. The van der Waals surface area contributed by atoms with Crippen molar-refractivity contribution in [3.63, 3.8) is 0 Å².